The number of aryl methyl sites for hydroxylation is 2. The summed E-state index contributed by atoms with van der Waals surface area (Å²) < 4.78 is 8.51. The maximum Gasteiger partial charge on any atom is 0.277 e. The fraction of sp³-hybridized carbons (Fsp3) is 0.175. The molecule has 1 N–H and O–H groups in total. The van der Waals surface area contributed by atoms with Gasteiger partial charge in [0, 0.05) is 52.8 Å². The van der Waals surface area contributed by atoms with Gasteiger partial charge < -0.3 is 25.1 Å². The van der Waals surface area contributed by atoms with Gasteiger partial charge in [0.1, 0.15) is 22.8 Å². The van der Waals surface area contributed by atoms with Crippen LogP contribution in [0.4, 0.5) is 28.6 Å². The van der Waals surface area contributed by atoms with Crippen LogP contribution in [0.1, 0.15) is 43.4 Å². The second-order valence-electron chi connectivity index (χ2n) is 13.0. The molecule has 0 saturated heterocycles. The lowest BCUT2D eigenvalue weighted by Gasteiger charge is -2.27. The molecule has 4 heterocycles. The minimum absolute atomic E-state index is 0.152. The van der Waals surface area contributed by atoms with E-state index < -0.39 is 0 Å². The number of rotatable bonds is 9. The van der Waals surface area contributed by atoms with E-state index in [0.29, 0.717) is 94.2 Å². The molecule has 0 spiro atoms. The van der Waals surface area contributed by atoms with Crippen molar-refractivity contribution in [3.05, 3.63) is 136 Å². The molecule has 0 radical (unpaired) electrons. The molecular weight excluding hydrogens is 686 g/mol. The van der Waals surface area contributed by atoms with Gasteiger partial charge in [0.25, 0.3) is 11.8 Å². The van der Waals surface area contributed by atoms with E-state index in [2.05, 4.69) is 20.6 Å². The number of amides is 3. The molecule has 2 aliphatic rings. The monoisotopic (exact) mass is 721 g/mol. The number of fused-ring (bicyclic) bond motifs is 2. The van der Waals surface area contributed by atoms with Crippen LogP contribution in [0.15, 0.2) is 102 Å². The van der Waals surface area contributed by atoms with Gasteiger partial charge in [0.15, 0.2) is 5.82 Å². The lowest BCUT2D eigenvalue weighted by atomic mass is 10.0. The van der Waals surface area contributed by atoms with Crippen LogP contribution in [0.3, 0.4) is 0 Å². The molecule has 0 aliphatic carbocycles. The summed E-state index contributed by atoms with van der Waals surface area (Å²) in [5.41, 5.74) is 7.86. The van der Waals surface area contributed by atoms with E-state index in [1.165, 1.54) is 4.68 Å². The Balaban J connectivity index is 0.990. The summed E-state index contributed by atoms with van der Waals surface area (Å²) in [6, 6.07) is 28.6. The van der Waals surface area contributed by atoms with Crippen molar-refractivity contribution < 1.29 is 24.0 Å². The number of hydrogen-bond acceptors (Lipinski definition) is 8. The van der Waals surface area contributed by atoms with Crippen molar-refractivity contribution in [1.82, 2.24) is 19.6 Å². The molecular formula is C40H35N9O5. The first-order chi connectivity index (χ1) is 26.2. The van der Waals surface area contributed by atoms with E-state index in [0.717, 1.165) is 22.5 Å². The van der Waals surface area contributed by atoms with Crippen LogP contribution >= 0.6 is 0 Å². The van der Waals surface area contributed by atoms with E-state index in [4.69, 9.17) is 4.74 Å². The Kier molecular flexibility index (Phi) is 8.69. The lowest BCUT2D eigenvalue weighted by Crippen LogP contribution is -2.38. The molecule has 14 heteroatoms. The average Bonchev–Trinajstić information content (AvgIpc) is 3.74. The maximum atomic E-state index is 13.9. The molecule has 3 amide bonds. The number of anilines is 3. The van der Waals surface area contributed by atoms with Crippen LogP contribution in [0.25, 0.3) is 11.4 Å². The first-order valence-electron chi connectivity index (χ1n) is 17.4. The molecule has 0 bridgehead atoms. The zero-order valence-electron chi connectivity index (χ0n) is 29.8. The number of nitrogens with zero attached hydrogens (tertiary/aromatic N) is 8. The third-order valence-corrected chi connectivity index (χ3v) is 9.78. The van der Waals surface area contributed by atoms with Crippen molar-refractivity contribution in [1.29, 1.82) is 0 Å². The van der Waals surface area contributed by atoms with Gasteiger partial charge in [0.05, 0.1) is 24.2 Å². The van der Waals surface area contributed by atoms with Gasteiger partial charge in [-0.2, -0.15) is 5.10 Å². The number of hydrogen-bond donors (Lipinski definition) is 1. The van der Waals surface area contributed by atoms with Crippen LogP contribution in [-0.2, 0) is 17.6 Å². The Bertz CT molecular complexity index is 2430. The van der Waals surface area contributed by atoms with E-state index >= 15 is 0 Å². The molecule has 0 saturated carbocycles. The molecule has 0 unspecified atom stereocenters. The number of ether oxygens (including phenoxy) is 1. The predicted molar refractivity (Wildman–Crippen MR) is 202 cm³/mol. The van der Waals surface area contributed by atoms with Crippen LogP contribution in [0, 0.1) is 19.1 Å². The summed E-state index contributed by atoms with van der Waals surface area (Å²) in [6.07, 6.45) is 1.67. The Morgan fingerprint density at radius 2 is 1.24 bits per heavy atom. The van der Waals surface area contributed by atoms with Gasteiger partial charge in [-0.05, 0) is 99.5 Å². The number of benzene rings is 4. The number of nitrogens with one attached hydrogen (secondary N) is 1. The van der Waals surface area contributed by atoms with Gasteiger partial charge in [-0.1, -0.05) is 22.6 Å². The predicted octanol–water partition coefficient (Wildman–Crippen LogP) is 6.58. The largest absolute Gasteiger partial charge is 0.594 e. The molecule has 4 aromatic carbocycles. The Morgan fingerprint density at radius 3 is 1.83 bits per heavy atom. The van der Waals surface area contributed by atoms with Crippen molar-refractivity contribution in [3.8, 4) is 17.1 Å². The van der Waals surface area contributed by atoms with E-state index in [9.17, 15) is 19.6 Å². The van der Waals surface area contributed by atoms with Gasteiger partial charge in [-0.3, -0.25) is 14.4 Å². The first-order valence-corrected chi connectivity index (χ1v) is 17.4. The average molecular weight is 722 g/mol. The molecule has 54 heavy (non-hydrogen) atoms. The summed E-state index contributed by atoms with van der Waals surface area (Å²) in [6.45, 7) is 4.79. The molecule has 6 aromatic rings. The normalized spacial score (nSPS) is 14.2. The third kappa shape index (κ3) is 6.02. The molecule has 8 rings (SSSR count). The van der Waals surface area contributed by atoms with E-state index in [-0.39, 0.29) is 11.8 Å². The Hall–Kier alpha value is -7.09. The van der Waals surface area contributed by atoms with Gasteiger partial charge >= 0.3 is 0 Å². The minimum Gasteiger partial charge on any atom is -0.594 e. The van der Waals surface area contributed by atoms with Crippen molar-refractivity contribution in [2.75, 3.05) is 35.3 Å². The summed E-state index contributed by atoms with van der Waals surface area (Å²) >= 11 is 0. The van der Waals surface area contributed by atoms with Gasteiger partial charge in [-0.15, -0.1) is 5.10 Å². The summed E-state index contributed by atoms with van der Waals surface area (Å²) in [5, 5.41) is 29.2. The molecule has 14 nitrogen and oxygen atoms in total. The van der Waals surface area contributed by atoms with Crippen molar-refractivity contribution in [3.63, 3.8) is 0 Å². The van der Waals surface area contributed by atoms with Crippen molar-refractivity contribution in [2.45, 2.75) is 26.7 Å². The second-order valence-corrected chi connectivity index (χ2v) is 13.0. The zero-order valence-corrected chi connectivity index (χ0v) is 29.8. The molecule has 270 valence electrons. The summed E-state index contributed by atoms with van der Waals surface area (Å²) in [4.78, 5) is 42.9. The molecule has 2 aliphatic heterocycles. The van der Waals surface area contributed by atoms with Crippen LogP contribution in [0.5, 0.6) is 5.75 Å². The van der Waals surface area contributed by atoms with Crippen LogP contribution in [-0.4, -0.2) is 62.8 Å². The van der Waals surface area contributed by atoms with Gasteiger partial charge in [-0.25, -0.2) is 9.36 Å². The smallest absolute Gasteiger partial charge is 0.277 e. The highest BCUT2D eigenvalue weighted by atomic mass is 16.5. The molecule has 0 fully saturated rings. The summed E-state index contributed by atoms with van der Waals surface area (Å²) in [5.74, 6) is 0.552. The SMILES string of the molecule is COc1ccc(-n2nc(NC=O)c3c2C(=O)N(c2ccc(N=[N+]([O-])c4ccc(N5CCc6c(C)nn(-c7ccc(C)cc7)c6C5=O)cc4)cc2)CC3)cc1. The minimum atomic E-state index is -0.285. The lowest BCUT2D eigenvalue weighted by molar-refractivity contribution is -0.435. The van der Waals surface area contributed by atoms with E-state index in [1.54, 1.807) is 94.4 Å². The number of carbonyl (C=O) groups is 3. The number of azo groups is 1. The van der Waals surface area contributed by atoms with Crippen LogP contribution in [0.2, 0.25) is 0 Å². The summed E-state index contributed by atoms with van der Waals surface area (Å²) in [7, 11) is 1.57. The quantitative estimate of drug-likeness (QED) is 0.0766. The fourth-order valence-corrected chi connectivity index (χ4v) is 6.96. The topological polar surface area (TPSA) is 153 Å². The Morgan fingerprint density at radius 1 is 0.722 bits per heavy atom. The molecule has 2 aromatic heterocycles. The number of methoxy groups -OCH3 is 1. The highest BCUT2D eigenvalue weighted by Gasteiger charge is 2.34. The van der Waals surface area contributed by atoms with Crippen LogP contribution < -0.4 is 19.9 Å². The second kappa shape index (κ2) is 13.8. The highest BCUT2D eigenvalue weighted by molar-refractivity contribution is 6.09. The highest BCUT2D eigenvalue weighted by Crippen LogP contribution is 2.33. The third-order valence-electron chi connectivity index (χ3n) is 9.78. The maximum absolute atomic E-state index is 13.9. The number of carbonyl (C=O) groups excluding carboxylic acids is 3. The Labute approximate surface area is 310 Å². The van der Waals surface area contributed by atoms with Gasteiger partial charge in [0.2, 0.25) is 12.1 Å². The zero-order chi connectivity index (χ0) is 37.5. The first kappa shape index (κ1) is 34.0. The fourth-order valence-electron chi connectivity index (χ4n) is 6.96. The standard InChI is InChI=1S/C40H35N9O5/c1-25-4-8-30(9-5-25)47-36-34(26(2)42-47)20-22-45(39(36)51)29-12-14-32(15-13-29)49(53)43-27-6-10-28(11-7-27)46-23-21-35-37(40(46)52)48(44-38(35)41-24-50)31-16-18-33(54-3)19-17-31/h4-19,24H,20-23H2,1-3H3,(H,41,44,50). The number of aromatic nitrogens is 4. The van der Waals surface area contributed by atoms with Crippen molar-refractivity contribution >= 4 is 46.8 Å². The van der Waals surface area contributed by atoms with Crippen molar-refractivity contribution in [2.24, 2.45) is 5.11 Å². The molecule has 0 atom stereocenters. The van der Waals surface area contributed by atoms with E-state index in [1.807, 2.05) is 38.1 Å².